The summed E-state index contributed by atoms with van der Waals surface area (Å²) in [6.45, 7) is 7.34. The fourth-order valence-electron chi connectivity index (χ4n) is 7.42. The first-order valence-electron chi connectivity index (χ1n) is 13.2. The lowest BCUT2D eigenvalue weighted by atomic mass is 9.66. The maximum absolute atomic E-state index is 2.61. The van der Waals surface area contributed by atoms with Crippen LogP contribution in [0.5, 0.6) is 0 Å². The standard InChI is InChI=1S/C27H50/c1-4-6-22-8-10-24(11-9-22)20-21(3)25-16-18-27(19-17-25)26-14-12-23(7-5-2)13-15-26/h21-27H,4-20H2,1-3H3/t21-,22?,23?,24?,25?,26?,27?/m1/s1. The smallest absolute Gasteiger partial charge is 0.0386 e. The van der Waals surface area contributed by atoms with E-state index in [1.807, 2.05) is 0 Å². The minimum atomic E-state index is 0.999. The van der Waals surface area contributed by atoms with E-state index in [4.69, 9.17) is 0 Å². The van der Waals surface area contributed by atoms with Crippen molar-refractivity contribution in [1.82, 2.24) is 0 Å². The first-order chi connectivity index (χ1) is 13.2. The normalized spacial score (nSPS) is 39.2. The summed E-state index contributed by atoms with van der Waals surface area (Å²) in [6, 6.07) is 0. The summed E-state index contributed by atoms with van der Waals surface area (Å²) in [5.74, 6) is 7.48. The second-order valence-corrected chi connectivity index (χ2v) is 11.1. The zero-order valence-corrected chi connectivity index (χ0v) is 19.1. The van der Waals surface area contributed by atoms with Crippen LogP contribution in [-0.2, 0) is 0 Å². The van der Waals surface area contributed by atoms with Gasteiger partial charge in [0.15, 0.2) is 0 Å². The van der Waals surface area contributed by atoms with Crippen LogP contribution in [0.15, 0.2) is 0 Å². The molecule has 0 unspecified atom stereocenters. The van der Waals surface area contributed by atoms with Gasteiger partial charge >= 0.3 is 0 Å². The summed E-state index contributed by atoms with van der Waals surface area (Å²) in [7, 11) is 0. The highest BCUT2D eigenvalue weighted by Gasteiger charge is 2.33. The van der Waals surface area contributed by atoms with Gasteiger partial charge in [-0.2, -0.15) is 0 Å². The van der Waals surface area contributed by atoms with Crippen LogP contribution in [0.25, 0.3) is 0 Å². The van der Waals surface area contributed by atoms with Crippen molar-refractivity contribution < 1.29 is 0 Å². The molecule has 0 heterocycles. The molecule has 3 saturated carbocycles. The summed E-state index contributed by atoms with van der Waals surface area (Å²) >= 11 is 0. The Kier molecular flexibility index (Phi) is 9.05. The molecular formula is C27H50. The Labute approximate surface area is 171 Å². The first-order valence-corrected chi connectivity index (χ1v) is 13.2. The van der Waals surface area contributed by atoms with Crippen molar-refractivity contribution in [3.05, 3.63) is 0 Å². The van der Waals surface area contributed by atoms with Gasteiger partial charge in [-0.05, 0) is 86.4 Å². The molecule has 27 heavy (non-hydrogen) atoms. The lowest BCUT2D eigenvalue weighted by molar-refractivity contribution is 0.114. The average molecular weight is 375 g/mol. The zero-order chi connectivity index (χ0) is 19.1. The largest absolute Gasteiger partial charge is 0.0654 e. The summed E-state index contributed by atoms with van der Waals surface area (Å²) in [5.41, 5.74) is 0. The molecule has 0 heteroatoms. The Morgan fingerprint density at radius 2 is 0.963 bits per heavy atom. The van der Waals surface area contributed by atoms with Crippen molar-refractivity contribution in [2.75, 3.05) is 0 Å². The third-order valence-electron chi connectivity index (χ3n) is 9.24. The fourth-order valence-corrected chi connectivity index (χ4v) is 7.42. The molecule has 1 atom stereocenters. The van der Waals surface area contributed by atoms with E-state index in [-0.39, 0.29) is 0 Å². The third-order valence-corrected chi connectivity index (χ3v) is 9.24. The van der Waals surface area contributed by atoms with E-state index in [1.54, 1.807) is 83.5 Å². The lowest BCUT2D eigenvalue weighted by Gasteiger charge is -2.40. The van der Waals surface area contributed by atoms with Crippen LogP contribution >= 0.6 is 0 Å². The zero-order valence-electron chi connectivity index (χ0n) is 19.1. The molecule has 0 nitrogen and oxygen atoms in total. The van der Waals surface area contributed by atoms with Gasteiger partial charge in [-0.15, -0.1) is 0 Å². The maximum atomic E-state index is 2.61. The van der Waals surface area contributed by atoms with E-state index in [9.17, 15) is 0 Å². The number of hydrogen-bond donors (Lipinski definition) is 0. The summed E-state index contributed by atoms with van der Waals surface area (Å²) in [6.07, 6.45) is 26.0. The van der Waals surface area contributed by atoms with Gasteiger partial charge in [-0.25, -0.2) is 0 Å². The molecule has 0 amide bonds. The Morgan fingerprint density at radius 3 is 1.44 bits per heavy atom. The molecule has 3 rings (SSSR count). The Morgan fingerprint density at radius 1 is 0.556 bits per heavy atom. The molecule has 0 radical (unpaired) electrons. The molecule has 0 aromatic rings. The summed E-state index contributed by atoms with van der Waals surface area (Å²) in [4.78, 5) is 0. The Balaban J connectivity index is 1.33. The van der Waals surface area contributed by atoms with Gasteiger partial charge in [-0.3, -0.25) is 0 Å². The summed E-state index contributed by atoms with van der Waals surface area (Å²) < 4.78 is 0. The van der Waals surface area contributed by atoms with Crippen LogP contribution in [0.2, 0.25) is 0 Å². The fraction of sp³-hybridized carbons (Fsp3) is 1.00. The number of rotatable bonds is 8. The Hall–Kier alpha value is 0. The molecule has 3 aliphatic carbocycles. The van der Waals surface area contributed by atoms with Gasteiger partial charge in [0, 0.05) is 0 Å². The van der Waals surface area contributed by atoms with Gasteiger partial charge in [0.2, 0.25) is 0 Å². The molecule has 0 spiro atoms. The summed E-state index contributed by atoms with van der Waals surface area (Å²) in [5, 5.41) is 0. The molecule has 0 aromatic carbocycles. The van der Waals surface area contributed by atoms with Crippen LogP contribution in [0.3, 0.4) is 0 Å². The first kappa shape index (κ1) is 21.7. The lowest BCUT2D eigenvalue weighted by Crippen LogP contribution is -2.28. The molecule has 0 N–H and O–H groups in total. The quantitative estimate of drug-likeness (QED) is 0.397. The highest BCUT2D eigenvalue weighted by atomic mass is 14.4. The molecule has 0 saturated heterocycles. The molecule has 0 aliphatic heterocycles. The highest BCUT2D eigenvalue weighted by Crippen LogP contribution is 2.45. The van der Waals surface area contributed by atoms with Crippen molar-refractivity contribution >= 4 is 0 Å². The predicted molar refractivity (Wildman–Crippen MR) is 120 cm³/mol. The van der Waals surface area contributed by atoms with E-state index in [1.165, 1.54) is 25.7 Å². The van der Waals surface area contributed by atoms with E-state index >= 15 is 0 Å². The van der Waals surface area contributed by atoms with E-state index in [0.717, 1.165) is 41.4 Å². The van der Waals surface area contributed by atoms with Crippen LogP contribution in [0.1, 0.15) is 130 Å². The van der Waals surface area contributed by atoms with Gasteiger partial charge in [0.25, 0.3) is 0 Å². The van der Waals surface area contributed by atoms with Crippen molar-refractivity contribution in [3.63, 3.8) is 0 Å². The second kappa shape index (κ2) is 11.3. The average Bonchev–Trinajstić information content (AvgIpc) is 2.71. The van der Waals surface area contributed by atoms with Crippen LogP contribution in [0.4, 0.5) is 0 Å². The van der Waals surface area contributed by atoms with Gasteiger partial charge in [0.1, 0.15) is 0 Å². The number of hydrogen-bond acceptors (Lipinski definition) is 0. The van der Waals surface area contributed by atoms with Crippen molar-refractivity contribution in [1.29, 1.82) is 0 Å². The van der Waals surface area contributed by atoms with Gasteiger partial charge in [-0.1, -0.05) is 85.0 Å². The maximum Gasteiger partial charge on any atom is -0.0386 e. The monoisotopic (exact) mass is 374 g/mol. The SMILES string of the molecule is CCCC1CCC(C[C@@H](C)C2CCC(C3CCC(CCC)CC3)CC2)CC1. The van der Waals surface area contributed by atoms with E-state index in [2.05, 4.69) is 20.8 Å². The topological polar surface area (TPSA) is 0 Å². The van der Waals surface area contributed by atoms with Gasteiger partial charge in [0.05, 0.1) is 0 Å². The van der Waals surface area contributed by atoms with Crippen molar-refractivity contribution in [2.45, 2.75) is 130 Å². The molecule has 158 valence electrons. The minimum Gasteiger partial charge on any atom is -0.0654 e. The van der Waals surface area contributed by atoms with E-state index < -0.39 is 0 Å². The van der Waals surface area contributed by atoms with Gasteiger partial charge < -0.3 is 0 Å². The highest BCUT2D eigenvalue weighted by molar-refractivity contribution is 4.84. The third kappa shape index (κ3) is 6.50. The molecule has 0 bridgehead atoms. The molecule has 3 fully saturated rings. The molecule has 0 aromatic heterocycles. The van der Waals surface area contributed by atoms with Crippen LogP contribution in [-0.4, -0.2) is 0 Å². The van der Waals surface area contributed by atoms with Crippen LogP contribution in [0, 0.1) is 41.4 Å². The second-order valence-electron chi connectivity index (χ2n) is 11.1. The van der Waals surface area contributed by atoms with Crippen LogP contribution < -0.4 is 0 Å². The van der Waals surface area contributed by atoms with Crippen molar-refractivity contribution in [2.24, 2.45) is 41.4 Å². The minimum absolute atomic E-state index is 0.999. The van der Waals surface area contributed by atoms with E-state index in [0.29, 0.717) is 0 Å². The predicted octanol–water partition coefficient (Wildman–Crippen LogP) is 9.03. The van der Waals surface area contributed by atoms with Crippen molar-refractivity contribution in [3.8, 4) is 0 Å². The molecule has 3 aliphatic rings. The molecular weight excluding hydrogens is 324 g/mol. The Bertz CT molecular complexity index is 375.